The monoisotopic (exact) mass is 267 g/mol. The van der Waals surface area contributed by atoms with E-state index in [1.54, 1.807) is 0 Å². The molecule has 0 aromatic carbocycles. The zero-order chi connectivity index (χ0) is 14.1. The molecule has 0 aromatic rings. The zero-order valence-electron chi connectivity index (χ0n) is 11.6. The molecule has 6 heteroatoms. The molecule has 2 N–H and O–H groups in total. The normalized spacial score (nSPS) is 24.0. The van der Waals surface area contributed by atoms with Gasteiger partial charge in [0.15, 0.2) is 0 Å². The van der Waals surface area contributed by atoms with Gasteiger partial charge < -0.3 is 5.73 Å². The zero-order valence-corrected chi connectivity index (χ0v) is 11.6. The van der Waals surface area contributed by atoms with E-state index in [0.29, 0.717) is 26.2 Å². The molecule has 0 saturated carbocycles. The van der Waals surface area contributed by atoms with Crippen molar-refractivity contribution >= 4 is 0 Å². The summed E-state index contributed by atoms with van der Waals surface area (Å²) in [5, 5.41) is 0. The fraction of sp³-hybridized carbons (Fsp3) is 1.00. The van der Waals surface area contributed by atoms with E-state index in [1.165, 1.54) is 11.8 Å². The van der Waals surface area contributed by atoms with E-state index in [1.807, 2.05) is 0 Å². The Kier molecular flexibility index (Phi) is 4.67. The highest BCUT2D eigenvalue weighted by atomic mass is 19.4. The van der Waals surface area contributed by atoms with Gasteiger partial charge in [0.05, 0.1) is 0 Å². The fourth-order valence-electron chi connectivity index (χ4n) is 2.51. The van der Waals surface area contributed by atoms with Crippen LogP contribution in [-0.2, 0) is 0 Å². The van der Waals surface area contributed by atoms with Crippen LogP contribution in [0.15, 0.2) is 0 Å². The molecule has 0 radical (unpaired) electrons. The minimum absolute atomic E-state index is 0.00809. The molecule has 1 aliphatic rings. The van der Waals surface area contributed by atoms with E-state index in [2.05, 4.69) is 25.7 Å². The van der Waals surface area contributed by atoms with Crippen LogP contribution in [0.4, 0.5) is 13.2 Å². The molecule has 1 fully saturated rings. The number of halogens is 3. The summed E-state index contributed by atoms with van der Waals surface area (Å²) in [5.74, 6) is 0. The number of nitrogens with zero attached hydrogens (tertiary/aromatic N) is 2. The second-order valence-electron chi connectivity index (χ2n) is 6.04. The summed E-state index contributed by atoms with van der Waals surface area (Å²) in [6, 6.07) is -2.43. The first-order valence-corrected chi connectivity index (χ1v) is 6.35. The largest absolute Gasteiger partial charge is 0.405 e. The van der Waals surface area contributed by atoms with Gasteiger partial charge in [-0.3, -0.25) is 9.80 Å². The van der Waals surface area contributed by atoms with Gasteiger partial charge in [-0.15, -0.1) is 0 Å². The molecule has 2 atom stereocenters. The molecular formula is C12H24F3N3. The van der Waals surface area contributed by atoms with Crippen molar-refractivity contribution in [1.82, 2.24) is 9.80 Å². The Morgan fingerprint density at radius 2 is 1.44 bits per heavy atom. The molecule has 1 rings (SSSR count). The van der Waals surface area contributed by atoms with Crippen LogP contribution in [0.3, 0.4) is 0 Å². The first kappa shape index (κ1) is 15.7. The molecule has 0 amide bonds. The van der Waals surface area contributed by atoms with Gasteiger partial charge in [-0.25, -0.2) is 0 Å². The van der Waals surface area contributed by atoms with Crippen LogP contribution in [-0.4, -0.2) is 59.8 Å². The van der Waals surface area contributed by atoms with Crippen molar-refractivity contribution in [1.29, 1.82) is 0 Å². The van der Waals surface area contributed by atoms with E-state index >= 15 is 0 Å². The molecule has 18 heavy (non-hydrogen) atoms. The molecule has 1 heterocycles. The van der Waals surface area contributed by atoms with E-state index in [4.69, 9.17) is 5.73 Å². The summed E-state index contributed by atoms with van der Waals surface area (Å²) in [4.78, 5) is 3.67. The average molecular weight is 267 g/mol. The van der Waals surface area contributed by atoms with E-state index in [0.717, 1.165) is 0 Å². The summed E-state index contributed by atoms with van der Waals surface area (Å²) in [6.45, 7) is 9.81. The highest BCUT2D eigenvalue weighted by Crippen LogP contribution is 2.28. The van der Waals surface area contributed by atoms with Crippen LogP contribution in [0.1, 0.15) is 27.7 Å². The maximum Gasteiger partial charge on any atom is 0.405 e. The predicted molar refractivity (Wildman–Crippen MR) is 66.4 cm³/mol. The molecule has 0 bridgehead atoms. The third-order valence-electron chi connectivity index (χ3n) is 3.49. The van der Waals surface area contributed by atoms with Crippen molar-refractivity contribution in [3.05, 3.63) is 0 Å². The predicted octanol–water partition coefficient (Wildman–Crippen LogP) is 1.68. The van der Waals surface area contributed by atoms with Gasteiger partial charge in [-0.2, -0.15) is 13.2 Å². The number of piperazine rings is 1. The summed E-state index contributed by atoms with van der Waals surface area (Å²) in [7, 11) is 0. The molecule has 2 unspecified atom stereocenters. The third kappa shape index (κ3) is 3.83. The van der Waals surface area contributed by atoms with Gasteiger partial charge in [0, 0.05) is 37.8 Å². The van der Waals surface area contributed by atoms with Crippen molar-refractivity contribution in [2.24, 2.45) is 5.73 Å². The molecule has 108 valence electrons. The van der Waals surface area contributed by atoms with Crippen molar-refractivity contribution in [3.8, 4) is 0 Å². The second-order valence-corrected chi connectivity index (χ2v) is 6.04. The minimum Gasteiger partial charge on any atom is -0.326 e. The number of rotatable bonds is 2. The van der Waals surface area contributed by atoms with Gasteiger partial charge in [0.25, 0.3) is 0 Å². The SMILES string of the molecule is CC(N)C(N1CCN(C(C)(C)C)CC1)C(F)(F)F. The Morgan fingerprint density at radius 1 is 1.00 bits per heavy atom. The maximum atomic E-state index is 13.0. The van der Waals surface area contributed by atoms with Gasteiger partial charge in [0.2, 0.25) is 0 Å². The van der Waals surface area contributed by atoms with E-state index in [9.17, 15) is 13.2 Å². The van der Waals surface area contributed by atoms with Gasteiger partial charge in [-0.1, -0.05) is 0 Å². The molecule has 0 aromatic heterocycles. The number of nitrogens with two attached hydrogens (primary N) is 1. The van der Waals surface area contributed by atoms with Crippen LogP contribution in [0.5, 0.6) is 0 Å². The third-order valence-corrected chi connectivity index (χ3v) is 3.49. The Morgan fingerprint density at radius 3 is 1.72 bits per heavy atom. The topological polar surface area (TPSA) is 32.5 Å². The number of hydrogen-bond donors (Lipinski definition) is 1. The lowest BCUT2D eigenvalue weighted by molar-refractivity contribution is -0.193. The molecular weight excluding hydrogens is 243 g/mol. The summed E-state index contributed by atoms with van der Waals surface area (Å²) < 4.78 is 38.9. The Hall–Kier alpha value is -0.330. The lowest BCUT2D eigenvalue weighted by Crippen LogP contribution is -2.62. The summed E-state index contributed by atoms with van der Waals surface area (Å²) in [6.07, 6.45) is -4.25. The maximum absolute atomic E-state index is 13.0. The summed E-state index contributed by atoms with van der Waals surface area (Å²) in [5.41, 5.74) is 5.51. The lowest BCUT2D eigenvalue weighted by atomic mass is 10.0. The molecule has 0 spiro atoms. The fourth-order valence-corrected chi connectivity index (χ4v) is 2.51. The smallest absolute Gasteiger partial charge is 0.326 e. The Bertz CT molecular complexity index is 263. The van der Waals surface area contributed by atoms with Crippen molar-refractivity contribution < 1.29 is 13.2 Å². The van der Waals surface area contributed by atoms with Gasteiger partial charge >= 0.3 is 6.18 Å². The first-order chi connectivity index (χ1) is 8.03. The second kappa shape index (κ2) is 5.35. The van der Waals surface area contributed by atoms with E-state index < -0.39 is 18.3 Å². The van der Waals surface area contributed by atoms with Crippen LogP contribution in [0.25, 0.3) is 0 Å². The van der Waals surface area contributed by atoms with Crippen LogP contribution in [0.2, 0.25) is 0 Å². The average Bonchev–Trinajstić information content (AvgIpc) is 2.13. The van der Waals surface area contributed by atoms with Crippen LogP contribution >= 0.6 is 0 Å². The van der Waals surface area contributed by atoms with E-state index in [-0.39, 0.29) is 5.54 Å². The highest BCUT2D eigenvalue weighted by Gasteiger charge is 2.46. The minimum atomic E-state index is -4.25. The highest BCUT2D eigenvalue weighted by molar-refractivity contribution is 4.90. The van der Waals surface area contributed by atoms with Crippen molar-refractivity contribution in [3.63, 3.8) is 0 Å². The van der Waals surface area contributed by atoms with Crippen molar-refractivity contribution in [2.75, 3.05) is 26.2 Å². The molecule has 1 aliphatic heterocycles. The Balaban J connectivity index is 2.66. The number of alkyl halides is 3. The quantitative estimate of drug-likeness (QED) is 0.826. The standard InChI is InChI=1S/C12H24F3N3/c1-9(16)10(12(13,14)15)17-5-7-18(8-6-17)11(2,3)4/h9-10H,5-8,16H2,1-4H3. The molecule has 0 aliphatic carbocycles. The Labute approximate surface area is 107 Å². The van der Waals surface area contributed by atoms with Crippen LogP contribution < -0.4 is 5.73 Å². The summed E-state index contributed by atoms with van der Waals surface area (Å²) >= 11 is 0. The number of hydrogen-bond acceptors (Lipinski definition) is 3. The molecule has 1 saturated heterocycles. The molecule has 3 nitrogen and oxygen atoms in total. The van der Waals surface area contributed by atoms with Crippen molar-refractivity contribution in [2.45, 2.75) is 51.5 Å². The van der Waals surface area contributed by atoms with Gasteiger partial charge in [0.1, 0.15) is 6.04 Å². The van der Waals surface area contributed by atoms with Gasteiger partial charge in [-0.05, 0) is 27.7 Å². The van der Waals surface area contributed by atoms with Crippen LogP contribution in [0, 0.1) is 0 Å². The lowest BCUT2D eigenvalue weighted by Gasteiger charge is -2.45. The first-order valence-electron chi connectivity index (χ1n) is 6.35.